The molecule has 1 rings (SSSR count). The third-order valence-electron chi connectivity index (χ3n) is 4.08. The molecule has 1 saturated carbocycles. The number of rotatable bonds is 7. The second kappa shape index (κ2) is 9.40. The minimum atomic E-state index is -0.501. The van der Waals surface area contributed by atoms with Crippen molar-refractivity contribution in [2.75, 3.05) is 25.1 Å². The number of ether oxygens (including phenoxy) is 1. The van der Waals surface area contributed by atoms with Gasteiger partial charge in [-0.3, -0.25) is 4.79 Å². The summed E-state index contributed by atoms with van der Waals surface area (Å²) in [5.41, 5.74) is -0.627. The van der Waals surface area contributed by atoms with Crippen LogP contribution < -0.4 is 10.6 Å². The van der Waals surface area contributed by atoms with Crippen LogP contribution in [0.5, 0.6) is 0 Å². The minimum Gasteiger partial charge on any atom is -0.444 e. The highest BCUT2D eigenvalue weighted by molar-refractivity contribution is 7.98. The summed E-state index contributed by atoms with van der Waals surface area (Å²) in [7, 11) is 0. The third kappa shape index (κ3) is 8.49. The summed E-state index contributed by atoms with van der Waals surface area (Å²) in [6.07, 6.45) is 7.53. The molecule has 0 atom stereocenters. The average molecular weight is 345 g/mol. The van der Waals surface area contributed by atoms with Gasteiger partial charge < -0.3 is 15.4 Å². The van der Waals surface area contributed by atoms with E-state index in [0.29, 0.717) is 19.5 Å². The van der Waals surface area contributed by atoms with Crippen molar-refractivity contribution in [2.24, 2.45) is 5.41 Å². The smallest absolute Gasteiger partial charge is 0.407 e. The van der Waals surface area contributed by atoms with Gasteiger partial charge in [-0.1, -0.05) is 19.3 Å². The molecule has 5 nitrogen and oxygen atoms in total. The second-order valence-corrected chi connectivity index (χ2v) is 8.42. The quantitative estimate of drug-likeness (QED) is 0.695. The standard InChI is InChI=1S/C17H32N2O3S/c1-16(2,3)22-15(21)19-13-17(8-6-5-7-9-17)12-14(20)18-10-11-23-4/h5-13H2,1-4H3,(H,18,20)(H,19,21). The van der Waals surface area contributed by atoms with E-state index >= 15 is 0 Å². The highest BCUT2D eigenvalue weighted by Gasteiger charge is 2.35. The zero-order valence-corrected chi connectivity index (χ0v) is 15.8. The third-order valence-corrected chi connectivity index (χ3v) is 4.70. The molecule has 2 amide bonds. The molecule has 0 aromatic heterocycles. The molecule has 0 radical (unpaired) electrons. The number of alkyl carbamates (subject to hydrolysis) is 1. The lowest BCUT2D eigenvalue weighted by Crippen LogP contribution is -2.44. The Balaban J connectivity index is 2.53. The molecule has 0 heterocycles. The lowest BCUT2D eigenvalue weighted by Gasteiger charge is -2.37. The summed E-state index contributed by atoms with van der Waals surface area (Å²) in [5.74, 6) is 1.02. The molecule has 1 aliphatic carbocycles. The van der Waals surface area contributed by atoms with Crippen molar-refractivity contribution in [1.29, 1.82) is 0 Å². The summed E-state index contributed by atoms with van der Waals surface area (Å²) < 4.78 is 5.30. The number of hydrogen-bond acceptors (Lipinski definition) is 4. The number of thioether (sulfide) groups is 1. The molecule has 0 unspecified atom stereocenters. The molecule has 23 heavy (non-hydrogen) atoms. The Labute approximate surface area is 144 Å². The molecule has 0 aliphatic heterocycles. The molecule has 0 aromatic carbocycles. The van der Waals surface area contributed by atoms with E-state index in [1.165, 1.54) is 6.42 Å². The Bertz CT molecular complexity index is 388. The van der Waals surface area contributed by atoms with Gasteiger partial charge in [0, 0.05) is 25.3 Å². The van der Waals surface area contributed by atoms with Crippen molar-refractivity contribution in [3.63, 3.8) is 0 Å². The first-order chi connectivity index (χ1) is 10.8. The molecule has 0 spiro atoms. The van der Waals surface area contributed by atoms with Gasteiger partial charge in [0.15, 0.2) is 0 Å². The minimum absolute atomic E-state index is 0.0898. The van der Waals surface area contributed by atoms with Gasteiger partial charge in [0.05, 0.1) is 0 Å². The highest BCUT2D eigenvalue weighted by Crippen LogP contribution is 2.38. The lowest BCUT2D eigenvalue weighted by molar-refractivity contribution is -0.123. The number of amides is 2. The summed E-state index contributed by atoms with van der Waals surface area (Å²) >= 11 is 1.72. The molecule has 2 N–H and O–H groups in total. The van der Waals surface area contributed by atoms with E-state index in [2.05, 4.69) is 10.6 Å². The average Bonchev–Trinajstić information content (AvgIpc) is 2.45. The summed E-state index contributed by atoms with van der Waals surface area (Å²) in [6, 6.07) is 0. The Hall–Kier alpha value is -0.910. The van der Waals surface area contributed by atoms with E-state index in [4.69, 9.17) is 4.74 Å². The van der Waals surface area contributed by atoms with Gasteiger partial charge in [-0.15, -0.1) is 0 Å². The van der Waals surface area contributed by atoms with Crippen LogP contribution >= 0.6 is 11.8 Å². The van der Waals surface area contributed by atoms with Crippen LogP contribution in [0.1, 0.15) is 59.3 Å². The second-order valence-electron chi connectivity index (χ2n) is 7.44. The lowest BCUT2D eigenvalue weighted by atomic mass is 9.71. The van der Waals surface area contributed by atoms with Gasteiger partial charge >= 0.3 is 6.09 Å². The molecule has 134 valence electrons. The molecule has 0 bridgehead atoms. The largest absolute Gasteiger partial charge is 0.444 e. The van der Waals surface area contributed by atoms with E-state index in [1.54, 1.807) is 11.8 Å². The maximum atomic E-state index is 12.2. The van der Waals surface area contributed by atoms with Crippen molar-refractivity contribution in [3.8, 4) is 0 Å². The first-order valence-electron chi connectivity index (χ1n) is 8.49. The maximum absolute atomic E-state index is 12.2. The molecule has 1 fully saturated rings. The number of carbonyl (C=O) groups is 2. The molecular weight excluding hydrogens is 312 g/mol. The van der Waals surface area contributed by atoms with Crippen LogP contribution in [0.2, 0.25) is 0 Å². The van der Waals surface area contributed by atoms with Crippen LogP contribution in [0.25, 0.3) is 0 Å². The molecule has 1 aliphatic rings. The summed E-state index contributed by atoms with van der Waals surface area (Å²) in [5, 5.41) is 5.85. The SMILES string of the molecule is CSCCNC(=O)CC1(CNC(=O)OC(C)(C)C)CCCCC1. The van der Waals surface area contributed by atoms with E-state index in [9.17, 15) is 9.59 Å². The molecule has 6 heteroatoms. The van der Waals surface area contributed by atoms with Gasteiger partial charge in [0.25, 0.3) is 0 Å². The fraction of sp³-hybridized carbons (Fsp3) is 0.882. The first kappa shape index (κ1) is 20.1. The van der Waals surface area contributed by atoms with Gasteiger partial charge in [-0.05, 0) is 45.3 Å². The number of nitrogens with one attached hydrogen (secondary N) is 2. The zero-order chi connectivity index (χ0) is 17.3. The van der Waals surface area contributed by atoms with Crippen LogP contribution in [0.15, 0.2) is 0 Å². The van der Waals surface area contributed by atoms with E-state index < -0.39 is 11.7 Å². The Morgan fingerprint density at radius 1 is 1.13 bits per heavy atom. The normalized spacial score (nSPS) is 17.4. The maximum Gasteiger partial charge on any atom is 0.407 e. The van der Waals surface area contributed by atoms with E-state index in [1.807, 2.05) is 27.0 Å². The van der Waals surface area contributed by atoms with Crippen molar-refractivity contribution in [3.05, 3.63) is 0 Å². The monoisotopic (exact) mass is 344 g/mol. The topological polar surface area (TPSA) is 67.4 Å². The Kier molecular flexibility index (Phi) is 8.23. The van der Waals surface area contributed by atoms with Crippen molar-refractivity contribution in [1.82, 2.24) is 10.6 Å². The van der Waals surface area contributed by atoms with E-state index in [0.717, 1.165) is 31.4 Å². The summed E-state index contributed by atoms with van der Waals surface area (Å²) in [6.45, 7) is 6.76. The predicted octanol–water partition coefficient (Wildman–Crippen LogP) is 3.33. The predicted molar refractivity (Wildman–Crippen MR) is 95.8 cm³/mol. The molecular formula is C17H32N2O3S. The van der Waals surface area contributed by atoms with Gasteiger partial charge in [-0.25, -0.2) is 4.79 Å². The summed E-state index contributed by atoms with van der Waals surface area (Å²) in [4.78, 5) is 24.1. The van der Waals surface area contributed by atoms with Crippen molar-refractivity contribution < 1.29 is 14.3 Å². The number of hydrogen-bond donors (Lipinski definition) is 2. The van der Waals surface area contributed by atoms with E-state index in [-0.39, 0.29) is 11.3 Å². The van der Waals surface area contributed by atoms with Crippen LogP contribution in [-0.2, 0) is 9.53 Å². The van der Waals surface area contributed by atoms with Crippen LogP contribution in [0.3, 0.4) is 0 Å². The Morgan fingerprint density at radius 3 is 2.35 bits per heavy atom. The van der Waals surface area contributed by atoms with Crippen LogP contribution in [0.4, 0.5) is 4.79 Å². The van der Waals surface area contributed by atoms with Gasteiger partial charge in [0.1, 0.15) is 5.60 Å². The van der Waals surface area contributed by atoms with Gasteiger partial charge in [-0.2, -0.15) is 11.8 Å². The fourth-order valence-corrected chi connectivity index (χ4v) is 3.29. The molecule has 0 aromatic rings. The van der Waals surface area contributed by atoms with Crippen molar-refractivity contribution >= 4 is 23.8 Å². The van der Waals surface area contributed by atoms with Crippen LogP contribution in [0, 0.1) is 5.41 Å². The number of carbonyl (C=O) groups excluding carboxylic acids is 2. The zero-order valence-electron chi connectivity index (χ0n) is 15.0. The fourth-order valence-electron chi connectivity index (χ4n) is 2.99. The van der Waals surface area contributed by atoms with Gasteiger partial charge in [0.2, 0.25) is 5.91 Å². The van der Waals surface area contributed by atoms with Crippen LogP contribution in [-0.4, -0.2) is 42.7 Å². The Morgan fingerprint density at radius 2 is 1.78 bits per heavy atom. The molecule has 0 saturated heterocycles. The van der Waals surface area contributed by atoms with Crippen molar-refractivity contribution in [2.45, 2.75) is 64.9 Å². The highest BCUT2D eigenvalue weighted by atomic mass is 32.2. The first-order valence-corrected chi connectivity index (χ1v) is 9.88.